The summed E-state index contributed by atoms with van der Waals surface area (Å²) in [5.41, 5.74) is 1.50. The molecule has 2 amide bonds. The lowest BCUT2D eigenvalue weighted by molar-refractivity contribution is -0.142. The predicted molar refractivity (Wildman–Crippen MR) is 114 cm³/mol. The highest BCUT2D eigenvalue weighted by Crippen LogP contribution is 2.33. The van der Waals surface area contributed by atoms with Gasteiger partial charge in [0.2, 0.25) is 18.6 Å². The van der Waals surface area contributed by atoms with Gasteiger partial charge in [0.15, 0.2) is 11.5 Å². The van der Waals surface area contributed by atoms with Crippen molar-refractivity contribution < 1.29 is 19.1 Å². The summed E-state index contributed by atoms with van der Waals surface area (Å²) >= 11 is 0. The van der Waals surface area contributed by atoms with Gasteiger partial charge in [0.1, 0.15) is 0 Å². The normalized spacial score (nSPS) is 15.9. The summed E-state index contributed by atoms with van der Waals surface area (Å²) in [5, 5.41) is 0. The molecule has 0 unspecified atom stereocenters. The summed E-state index contributed by atoms with van der Waals surface area (Å²) < 4.78 is 10.7. The molecule has 1 fully saturated rings. The zero-order valence-electron chi connectivity index (χ0n) is 17.6. The molecule has 2 aromatic carbocycles. The van der Waals surface area contributed by atoms with Crippen molar-refractivity contribution in [1.82, 2.24) is 9.80 Å². The van der Waals surface area contributed by atoms with Gasteiger partial charge in [-0.25, -0.2) is 0 Å². The van der Waals surface area contributed by atoms with Gasteiger partial charge < -0.3 is 19.3 Å². The molecule has 0 aliphatic carbocycles. The minimum Gasteiger partial charge on any atom is -0.454 e. The van der Waals surface area contributed by atoms with Crippen molar-refractivity contribution in [3.05, 3.63) is 59.7 Å². The Kier molecular flexibility index (Phi) is 5.66. The second kappa shape index (κ2) is 8.38. The third-order valence-corrected chi connectivity index (χ3v) is 6.01. The minimum absolute atomic E-state index is 0.112. The topological polar surface area (TPSA) is 59.1 Å². The third kappa shape index (κ3) is 4.13. The lowest BCUT2D eigenvalue weighted by Gasteiger charge is -2.39. The summed E-state index contributed by atoms with van der Waals surface area (Å²) in [6, 6.07) is 15.7. The Morgan fingerprint density at radius 1 is 0.900 bits per heavy atom. The number of nitrogens with zero attached hydrogens (tertiary/aromatic N) is 2. The molecule has 158 valence electrons. The van der Waals surface area contributed by atoms with E-state index < -0.39 is 5.41 Å². The predicted octanol–water partition coefficient (Wildman–Crippen LogP) is 3.00. The highest BCUT2D eigenvalue weighted by Gasteiger charge is 2.35. The summed E-state index contributed by atoms with van der Waals surface area (Å²) in [5.74, 6) is 1.74. The average molecular weight is 408 g/mol. The molecule has 0 saturated carbocycles. The van der Waals surface area contributed by atoms with Crippen LogP contribution in [0.2, 0.25) is 0 Å². The Bertz CT molecular complexity index is 918. The van der Waals surface area contributed by atoms with E-state index >= 15 is 0 Å². The van der Waals surface area contributed by atoms with E-state index in [0.29, 0.717) is 39.0 Å². The van der Waals surface area contributed by atoms with Crippen LogP contribution in [0.1, 0.15) is 31.4 Å². The second-order valence-electron chi connectivity index (χ2n) is 8.35. The number of aryl methyl sites for hydroxylation is 1. The number of rotatable bonds is 5. The van der Waals surface area contributed by atoms with Gasteiger partial charge in [-0.1, -0.05) is 36.4 Å². The molecule has 0 spiro atoms. The van der Waals surface area contributed by atoms with Crippen molar-refractivity contribution in [2.75, 3.05) is 33.0 Å². The zero-order chi connectivity index (χ0) is 21.1. The lowest BCUT2D eigenvalue weighted by Crippen LogP contribution is -2.54. The molecule has 0 bridgehead atoms. The summed E-state index contributed by atoms with van der Waals surface area (Å²) in [7, 11) is 0. The molecule has 4 rings (SSSR count). The first-order valence-electron chi connectivity index (χ1n) is 10.5. The van der Waals surface area contributed by atoms with Crippen LogP contribution in [0.3, 0.4) is 0 Å². The van der Waals surface area contributed by atoms with Crippen LogP contribution in [0.4, 0.5) is 0 Å². The SMILES string of the molecule is CC(C)(C(=O)N1CCN(C(=O)CCc2ccc3c(c2)OCO3)CC1)c1ccccc1. The van der Waals surface area contributed by atoms with Crippen LogP contribution in [0, 0.1) is 0 Å². The molecule has 1 saturated heterocycles. The fraction of sp³-hybridized carbons (Fsp3) is 0.417. The van der Waals surface area contributed by atoms with Crippen LogP contribution >= 0.6 is 0 Å². The fourth-order valence-corrected chi connectivity index (χ4v) is 4.04. The molecule has 2 aliphatic rings. The maximum Gasteiger partial charge on any atom is 0.232 e. The van der Waals surface area contributed by atoms with Gasteiger partial charge in [-0.3, -0.25) is 9.59 Å². The van der Waals surface area contributed by atoms with E-state index in [4.69, 9.17) is 9.47 Å². The number of ether oxygens (including phenoxy) is 2. The van der Waals surface area contributed by atoms with Crippen LogP contribution in [-0.4, -0.2) is 54.6 Å². The number of amides is 2. The van der Waals surface area contributed by atoms with Gasteiger partial charge in [0.25, 0.3) is 0 Å². The molecule has 6 heteroatoms. The third-order valence-electron chi connectivity index (χ3n) is 6.01. The van der Waals surface area contributed by atoms with Crippen molar-refractivity contribution >= 4 is 11.8 Å². The first-order valence-corrected chi connectivity index (χ1v) is 10.5. The Hall–Kier alpha value is -3.02. The highest BCUT2D eigenvalue weighted by molar-refractivity contribution is 5.87. The van der Waals surface area contributed by atoms with Crippen molar-refractivity contribution in [2.24, 2.45) is 0 Å². The number of hydrogen-bond donors (Lipinski definition) is 0. The lowest BCUT2D eigenvalue weighted by atomic mass is 9.83. The number of fused-ring (bicyclic) bond motifs is 1. The van der Waals surface area contributed by atoms with E-state index in [9.17, 15) is 9.59 Å². The minimum atomic E-state index is -0.577. The molecule has 2 aromatic rings. The Morgan fingerprint density at radius 3 is 2.30 bits per heavy atom. The van der Waals surface area contributed by atoms with Gasteiger partial charge in [-0.15, -0.1) is 0 Å². The Morgan fingerprint density at radius 2 is 1.57 bits per heavy atom. The van der Waals surface area contributed by atoms with Gasteiger partial charge >= 0.3 is 0 Å². The standard InChI is InChI=1S/C24H28N2O4/c1-24(2,19-6-4-3-5-7-19)23(28)26-14-12-25(13-15-26)22(27)11-9-18-8-10-20-21(16-18)30-17-29-20/h3-8,10,16H,9,11-15,17H2,1-2H3. The van der Waals surface area contributed by atoms with E-state index in [2.05, 4.69) is 0 Å². The fourth-order valence-electron chi connectivity index (χ4n) is 4.04. The largest absolute Gasteiger partial charge is 0.454 e. The molecular formula is C24H28N2O4. The molecule has 0 N–H and O–H groups in total. The number of carbonyl (C=O) groups is 2. The van der Waals surface area contributed by atoms with Gasteiger partial charge in [-0.2, -0.15) is 0 Å². The monoisotopic (exact) mass is 408 g/mol. The van der Waals surface area contributed by atoms with Crippen LogP contribution in [0.25, 0.3) is 0 Å². The van der Waals surface area contributed by atoms with Crippen molar-refractivity contribution in [1.29, 1.82) is 0 Å². The van der Waals surface area contributed by atoms with Gasteiger partial charge in [-0.05, 0) is 43.5 Å². The summed E-state index contributed by atoms with van der Waals surface area (Å²) in [6.45, 7) is 6.49. The van der Waals surface area contributed by atoms with E-state index in [0.717, 1.165) is 22.6 Å². The summed E-state index contributed by atoms with van der Waals surface area (Å²) in [6.07, 6.45) is 1.11. The quantitative estimate of drug-likeness (QED) is 0.763. The van der Waals surface area contributed by atoms with Crippen molar-refractivity contribution in [3.8, 4) is 11.5 Å². The molecule has 30 heavy (non-hydrogen) atoms. The van der Waals surface area contributed by atoms with E-state index in [1.54, 1.807) is 0 Å². The average Bonchev–Trinajstić information content (AvgIpc) is 3.25. The van der Waals surface area contributed by atoms with Crippen LogP contribution < -0.4 is 9.47 Å². The van der Waals surface area contributed by atoms with Crippen LogP contribution in [-0.2, 0) is 21.4 Å². The van der Waals surface area contributed by atoms with Gasteiger partial charge in [0.05, 0.1) is 5.41 Å². The number of piperazine rings is 1. The molecule has 2 heterocycles. The molecule has 6 nitrogen and oxygen atoms in total. The summed E-state index contributed by atoms with van der Waals surface area (Å²) in [4.78, 5) is 29.5. The van der Waals surface area contributed by atoms with Gasteiger partial charge in [0, 0.05) is 32.6 Å². The van der Waals surface area contributed by atoms with E-state index in [1.807, 2.05) is 72.2 Å². The van der Waals surface area contributed by atoms with Crippen molar-refractivity contribution in [3.63, 3.8) is 0 Å². The van der Waals surface area contributed by atoms with E-state index in [-0.39, 0.29) is 18.6 Å². The Labute approximate surface area is 177 Å². The number of hydrogen-bond acceptors (Lipinski definition) is 4. The van der Waals surface area contributed by atoms with Crippen molar-refractivity contribution in [2.45, 2.75) is 32.1 Å². The van der Waals surface area contributed by atoms with Crippen LogP contribution in [0.5, 0.6) is 11.5 Å². The zero-order valence-corrected chi connectivity index (χ0v) is 17.6. The molecular weight excluding hydrogens is 380 g/mol. The maximum absolute atomic E-state index is 13.1. The molecule has 0 radical (unpaired) electrons. The maximum atomic E-state index is 13.1. The molecule has 2 aliphatic heterocycles. The highest BCUT2D eigenvalue weighted by atomic mass is 16.7. The second-order valence-corrected chi connectivity index (χ2v) is 8.35. The molecule has 0 aromatic heterocycles. The van der Waals surface area contributed by atoms with E-state index in [1.165, 1.54) is 0 Å². The Balaban J connectivity index is 1.28. The molecule has 0 atom stereocenters. The number of carbonyl (C=O) groups excluding carboxylic acids is 2. The number of benzene rings is 2. The first-order chi connectivity index (χ1) is 14.4. The smallest absolute Gasteiger partial charge is 0.232 e. The van der Waals surface area contributed by atoms with Crippen LogP contribution in [0.15, 0.2) is 48.5 Å². The first kappa shape index (κ1) is 20.3.